The van der Waals surface area contributed by atoms with E-state index in [1.165, 1.54) is 0 Å². The normalized spacial score (nSPS) is 10.5. The Balaban J connectivity index is 1.49. The number of fused-ring (bicyclic) bond motifs is 1. The largest absolute Gasteiger partial charge is 0.298 e. The zero-order valence-corrected chi connectivity index (χ0v) is 16.4. The lowest BCUT2D eigenvalue weighted by Gasteiger charge is -2.03. The van der Waals surface area contributed by atoms with Gasteiger partial charge in [-0.25, -0.2) is 9.50 Å². The van der Waals surface area contributed by atoms with Gasteiger partial charge in [0.1, 0.15) is 12.0 Å². The molecule has 0 N–H and O–H groups in total. The van der Waals surface area contributed by atoms with Crippen molar-refractivity contribution in [2.24, 2.45) is 0 Å². The first kappa shape index (κ1) is 18.5. The minimum Gasteiger partial charge on any atom is -0.298 e. The number of aldehydes is 1. The van der Waals surface area contributed by atoms with Gasteiger partial charge in [-0.2, -0.15) is 5.10 Å². The van der Waals surface area contributed by atoms with Crippen molar-refractivity contribution in [1.82, 2.24) is 19.6 Å². The van der Waals surface area contributed by atoms with Gasteiger partial charge >= 0.3 is 0 Å². The van der Waals surface area contributed by atoms with Crippen LogP contribution < -0.4 is 0 Å². The highest BCUT2D eigenvalue weighted by Crippen LogP contribution is 2.19. The summed E-state index contributed by atoms with van der Waals surface area (Å²) in [5.41, 5.74) is 6.54. The summed E-state index contributed by atoms with van der Waals surface area (Å²) in [4.78, 5) is 19.7. The molecular formula is C26H16N4O. The molecule has 5 aromatic rings. The Hall–Kier alpha value is -4.56. The average Bonchev–Trinajstić information content (AvgIpc) is 3.26. The number of pyridine rings is 1. The predicted octanol–water partition coefficient (Wildman–Crippen LogP) is 4.67. The summed E-state index contributed by atoms with van der Waals surface area (Å²) >= 11 is 0. The van der Waals surface area contributed by atoms with Crippen LogP contribution in [0.2, 0.25) is 0 Å². The first-order chi connectivity index (χ1) is 15.3. The minimum absolute atomic E-state index is 0.631. The number of nitrogens with zero attached hydrogens (tertiary/aromatic N) is 4. The highest BCUT2D eigenvalue weighted by molar-refractivity contribution is 5.76. The molecule has 0 amide bonds. The molecule has 3 heterocycles. The van der Waals surface area contributed by atoms with Crippen LogP contribution in [-0.2, 0) is 0 Å². The number of hydrogen-bond acceptors (Lipinski definition) is 4. The highest BCUT2D eigenvalue weighted by Gasteiger charge is 2.06. The first-order valence-corrected chi connectivity index (χ1v) is 9.74. The van der Waals surface area contributed by atoms with Crippen molar-refractivity contribution in [1.29, 1.82) is 0 Å². The van der Waals surface area contributed by atoms with E-state index in [2.05, 4.69) is 26.9 Å². The van der Waals surface area contributed by atoms with Gasteiger partial charge < -0.3 is 0 Å². The summed E-state index contributed by atoms with van der Waals surface area (Å²) in [6.45, 7) is 0. The van der Waals surface area contributed by atoms with Gasteiger partial charge in [-0.15, -0.1) is 0 Å². The third kappa shape index (κ3) is 3.83. The van der Waals surface area contributed by atoms with Crippen LogP contribution in [0.4, 0.5) is 0 Å². The van der Waals surface area contributed by atoms with E-state index in [0.717, 1.165) is 40.0 Å². The van der Waals surface area contributed by atoms with Crippen molar-refractivity contribution in [3.63, 3.8) is 0 Å². The summed E-state index contributed by atoms with van der Waals surface area (Å²) in [5.74, 6) is 6.37. The molecule has 0 fully saturated rings. The van der Waals surface area contributed by atoms with Crippen molar-refractivity contribution in [2.45, 2.75) is 0 Å². The minimum atomic E-state index is 0.631. The quantitative estimate of drug-likeness (QED) is 0.326. The third-order valence-electron chi connectivity index (χ3n) is 4.87. The number of aromatic nitrogens is 4. The van der Waals surface area contributed by atoms with E-state index in [9.17, 15) is 4.79 Å². The van der Waals surface area contributed by atoms with Crippen molar-refractivity contribution in [2.75, 3.05) is 0 Å². The maximum Gasteiger partial charge on any atom is 0.154 e. The Bertz CT molecular complexity index is 1440. The number of hydrogen-bond donors (Lipinski definition) is 0. The van der Waals surface area contributed by atoms with Gasteiger partial charge in [0, 0.05) is 28.5 Å². The molecule has 0 spiro atoms. The lowest BCUT2D eigenvalue weighted by atomic mass is 10.1. The summed E-state index contributed by atoms with van der Waals surface area (Å²) in [7, 11) is 0. The maximum absolute atomic E-state index is 10.9. The van der Waals surface area contributed by atoms with Gasteiger partial charge in [-0.3, -0.25) is 9.78 Å². The van der Waals surface area contributed by atoms with Crippen molar-refractivity contribution in [3.05, 3.63) is 108 Å². The molecule has 31 heavy (non-hydrogen) atoms. The molecular weight excluding hydrogens is 384 g/mol. The molecule has 0 radical (unpaired) electrons. The van der Waals surface area contributed by atoms with Crippen LogP contribution in [0, 0.1) is 11.8 Å². The monoisotopic (exact) mass is 400 g/mol. The molecule has 5 rings (SSSR count). The van der Waals surface area contributed by atoms with Crippen LogP contribution in [0.3, 0.4) is 0 Å². The molecule has 2 aromatic carbocycles. The van der Waals surface area contributed by atoms with Gasteiger partial charge in [-0.1, -0.05) is 60.5 Å². The number of rotatable bonds is 3. The molecule has 0 aliphatic heterocycles. The second-order valence-electron chi connectivity index (χ2n) is 6.92. The predicted molar refractivity (Wildman–Crippen MR) is 119 cm³/mol. The van der Waals surface area contributed by atoms with Gasteiger partial charge in [0.15, 0.2) is 5.65 Å². The van der Waals surface area contributed by atoms with Crippen molar-refractivity contribution >= 4 is 11.9 Å². The Morgan fingerprint density at radius 1 is 0.774 bits per heavy atom. The second-order valence-corrected chi connectivity index (χ2v) is 6.92. The molecule has 5 nitrogen and oxygen atoms in total. The van der Waals surface area contributed by atoms with Crippen LogP contribution in [0.5, 0.6) is 0 Å². The average molecular weight is 400 g/mol. The molecule has 0 saturated heterocycles. The molecule has 0 atom stereocenters. The topological polar surface area (TPSA) is 60.2 Å². The number of benzene rings is 2. The van der Waals surface area contributed by atoms with Crippen molar-refractivity contribution < 1.29 is 4.79 Å². The van der Waals surface area contributed by atoms with E-state index in [0.29, 0.717) is 11.3 Å². The number of imidazole rings is 1. The Morgan fingerprint density at radius 2 is 1.58 bits per heavy atom. The Kier molecular flexibility index (Phi) is 4.80. The van der Waals surface area contributed by atoms with Gasteiger partial charge in [0.25, 0.3) is 0 Å². The van der Waals surface area contributed by atoms with E-state index in [-0.39, 0.29) is 0 Å². The second kappa shape index (κ2) is 8.05. The fourth-order valence-corrected chi connectivity index (χ4v) is 3.26. The molecule has 0 bridgehead atoms. The Labute approximate surface area is 179 Å². The fourth-order valence-electron chi connectivity index (χ4n) is 3.26. The van der Waals surface area contributed by atoms with E-state index in [1.807, 2.05) is 66.7 Å². The van der Waals surface area contributed by atoms with Gasteiger partial charge in [0.05, 0.1) is 17.6 Å². The standard InChI is InChI=1S/C26H16N4O/c31-18-20-6-9-22(10-7-20)24-12-13-26-28-17-23(30(26)29-24)11-8-19-14-15-27-25(16-19)21-4-2-1-3-5-21/h1-7,9-10,12-18H. The van der Waals surface area contributed by atoms with Crippen LogP contribution in [-0.4, -0.2) is 25.9 Å². The molecule has 0 unspecified atom stereocenters. The van der Waals surface area contributed by atoms with E-state index in [1.54, 1.807) is 29.0 Å². The van der Waals surface area contributed by atoms with Crippen LogP contribution >= 0.6 is 0 Å². The molecule has 0 aliphatic carbocycles. The van der Waals surface area contributed by atoms with Crippen LogP contribution in [0.25, 0.3) is 28.2 Å². The lowest BCUT2D eigenvalue weighted by Crippen LogP contribution is -1.97. The van der Waals surface area contributed by atoms with E-state index < -0.39 is 0 Å². The van der Waals surface area contributed by atoms with Gasteiger partial charge in [-0.05, 0) is 30.2 Å². The molecule has 3 aromatic heterocycles. The SMILES string of the molecule is O=Cc1ccc(-c2ccc3ncc(C#Cc4ccnc(-c5ccccc5)c4)n3n2)cc1. The van der Waals surface area contributed by atoms with E-state index in [4.69, 9.17) is 0 Å². The summed E-state index contributed by atoms with van der Waals surface area (Å²) < 4.78 is 1.73. The summed E-state index contributed by atoms with van der Waals surface area (Å²) in [5, 5.41) is 4.69. The fraction of sp³-hybridized carbons (Fsp3) is 0. The van der Waals surface area contributed by atoms with Gasteiger partial charge in [0.2, 0.25) is 0 Å². The smallest absolute Gasteiger partial charge is 0.154 e. The molecule has 0 aliphatic rings. The van der Waals surface area contributed by atoms with E-state index >= 15 is 0 Å². The van der Waals surface area contributed by atoms with Crippen molar-refractivity contribution in [3.8, 4) is 34.4 Å². The number of carbonyl (C=O) groups excluding carboxylic acids is 1. The highest BCUT2D eigenvalue weighted by atomic mass is 16.1. The molecule has 0 saturated carbocycles. The van der Waals surface area contributed by atoms with Crippen LogP contribution in [0.15, 0.2) is 91.3 Å². The number of carbonyl (C=O) groups is 1. The lowest BCUT2D eigenvalue weighted by molar-refractivity contribution is 0.112. The molecule has 146 valence electrons. The van der Waals surface area contributed by atoms with Crippen LogP contribution in [0.1, 0.15) is 21.6 Å². The zero-order chi connectivity index (χ0) is 21.0. The summed E-state index contributed by atoms with van der Waals surface area (Å²) in [6.07, 6.45) is 4.31. The Morgan fingerprint density at radius 3 is 2.39 bits per heavy atom. The maximum atomic E-state index is 10.9. The zero-order valence-electron chi connectivity index (χ0n) is 16.4. The summed E-state index contributed by atoms with van der Waals surface area (Å²) in [6, 6.07) is 25.0. The third-order valence-corrected chi connectivity index (χ3v) is 4.87. The first-order valence-electron chi connectivity index (χ1n) is 9.74. The molecule has 5 heteroatoms.